The molecule has 0 aromatic rings. The molecule has 0 spiro atoms. The maximum absolute atomic E-state index is 12.8. The zero-order valence-electron chi connectivity index (χ0n) is 43.6. The number of carbonyl (C=O) groups is 3. The van der Waals surface area contributed by atoms with Gasteiger partial charge in [-0.15, -0.1) is 0 Å². The molecule has 0 bridgehead atoms. The van der Waals surface area contributed by atoms with E-state index in [9.17, 15) is 14.4 Å². The molecule has 0 heterocycles. The van der Waals surface area contributed by atoms with Crippen LogP contribution in [-0.2, 0) is 28.6 Å². The third kappa shape index (κ3) is 51.4. The van der Waals surface area contributed by atoms with Crippen LogP contribution in [-0.4, -0.2) is 37.2 Å². The van der Waals surface area contributed by atoms with Gasteiger partial charge in [0.15, 0.2) is 6.10 Å². The molecule has 0 unspecified atom stereocenters. The molecule has 64 heavy (non-hydrogen) atoms. The first kappa shape index (κ1) is 62.4. The fourth-order valence-electron chi connectivity index (χ4n) is 8.98. The standard InChI is InChI=1S/C58H112O6/c1-4-7-10-13-16-19-22-24-26-28-29-30-32-34-37-40-43-46-49-52-58(61)64-55(53-62-56(59)50-47-44-41-38-35-21-18-15-12-9-6-3)54-63-57(60)51-48-45-42-39-36-33-31-27-25-23-20-17-14-11-8-5-2/h55H,4-54H2,1-3H3/t55-/m0/s1. The minimum atomic E-state index is -0.760. The van der Waals surface area contributed by atoms with Crippen molar-refractivity contribution in [3.8, 4) is 0 Å². The van der Waals surface area contributed by atoms with Gasteiger partial charge in [-0.05, 0) is 19.3 Å². The molecule has 0 aliphatic carbocycles. The second-order valence-electron chi connectivity index (χ2n) is 19.9. The Morgan fingerprint density at radius 1 is 0.250 bits per heavy atom. The molecule has 0 saturated heterocycles. The molecule has 0 radical (unpaired) electrons. The normalized spacial score (nSPS) is 11.9. The number of hydrogen-bond acceptors (Lipinski definition) is 6. The second kappa shape index (κ2) is 54.0. The van der Waals surface area contributed by atoms with Gasteiger partial charge in [-0.3, -0.25) is 14.4 Å². The maximum atomic E-state index is 12.8. The van der Waals surface area contributed by atoms with Crippen LogP contribution >= 0.6 is 0 Å². The maximum Gasteiger partial charge on any atom is 0.306 e. The molecule has 0 aromatic carbocycles. The van der Waals surface area contributed by atoms with E-state index < -0.39 is 6.10 Å². The monoisotopic (exact) mass is 905 g/mol. The molecular formula is C58H112O6. The Hall–Kier alpha value is -1.59. The van der Waals surface area contributed by atoms with Crippen LogP contribution in [0.1, 0.15) is 335 Å². The molecule has 6 nitrogen and oxygen atoms in total. The third-order valence-corrected chi connectivity index (χ3v) is 13.4. The Morgan fingerprint density at radius 2 is 0.422 bits per heavy atom. The highest BCUT2D eigenvalue weighted by molar-refractivity contribution is 5.71. The number of esters is 3. The van der Waals surface area contributed by atoms with Gasteiger partial charge >= 0.3 is 17.9 Å². The van der Waals surface area contributed by atoms with Gasteiger partial charge in [0.25, 0.3) is 0 Å². The van der Waals surface area contributed by atoms with Crippen LogP contribution in [0.5, 0.6) is 0 Å². The van der Waals surface area contributed by atoms with Crippen molar-refractivity contribution in [3.63, 3.8) is 0 Å². The van der Waals surface area contributed by atoms with Gasteiger partial charge in [0.05, 0.1) is 0 Å². The summed E-state index contributed by atoms with van der Waals surface area (Å²) in [4.78, 5) is 38.1. The molecular weight excluding hydrogens is 793 g/mol. The Labute approximate surface area is 399 Å². The highest BCUT2D eigenvalue weighted by atomic mass is 16.6. The van der Waals surface area contributed by atoms with Gasteiger partial charge in [-0.2, -0.15) is 0 Å². The van der Waals surface area contributed by atoms with Crippen LogP contribution in [0.3, 0.4) is 0 Å². The average molecular weight is 906 g/mol. The molecule has 380 valence electrons. The van der Waals surface area contributed by atoms with Crippen LogP contribution in [0.15, 0.2) is 0 Å². The summed E-state index contributed by atoms with van der Waals surface area (Å²) in [5.74, 6) is -0.833. The minimum absolute atomic E-state index is 0.0612. The van der Waals surface area contributed by atoms with Gasteiger partial charge in [-0.25, -0.2) is 0 Å². The lowest BCUT2D eigenvalue weighted by molar-refractivity contribution is -0.167. The molecule has 0 fully saturated rings. The SMILES string of the molecule is CCCCCCCCCCCCCCCCCCCCCC(=O)O[C@@H](COC(=O)CCCCCCCCCCCCC)COC(=O)CCCCCCCCCCCCCCCCCC. The predicted molar refractivity (Wildman–Crippen MR) is 275 cm³/mol. The number of unbranched alkanes of at least 4 members (excludes halogenated alkanes) is 43. The summed E-state index contributed by atoms with van der Waals surface area (Å²) in [6, 6.07) is 0. The third-order valence-electron chi connectivity index (χ3n) is 13.4. The molecule has 0 aliphatic heterocycles. The van der Waals surface area contributed by atoms with Crippen LogP contribution in [0.2, 0.25) is 0 Å². The van der Waals surface area contributed by atoms with Crippen molar-refractivity contribution >= 4 is 17.9 Å². The van der Waals surface area contributed by atoms with Gasteiger partial charge in [-0.1, -0.05) is 297 Å². The van der Waals surface area contributed by atoms with E-state index in [2.05, 4.69) is 20.8 Å². The Kier molecular flexibility index (Phi) is 52.7. The Bertz CT molecular complexity index is 951. The average Bonchev–Trinajstić information content (AvgIpc) is 3.29. The molecule has 0 saturated carbocycles. The lowest BCUT2D eigenvalue weighted by atomic mass is 10.0. The number of rotatable bonds is 54. The molecule has 0 amide bonds. The summed E-state index contributed by atoms with van der Waals surface area (Å²) in [5, 5.41) is 0. The molecule has 0 N–H and O–H groups in total. The highest BCUT2D eigenvalue weighted by Crippen LogP contribution is 2.18. The molecule has 0 aromatic heterocycles. The lowest BCUT2D eigenvalue weighted by Crippen LogP contribution is -2.30. The molecule has 0 aliphatic rings. The quantitative estimate of drug-likeness (QED) is 0.0344. The van der Waals surface area contributed by atoms with Gasteiger partial charge in [0.1, 0.15) is 13.2 Å². The minimum Gasteiger partial charge on any atom is -0.462 e. The van der Waals surface area contributed by atoms with E-state index in [0.717, 1.165) is 57.8 Å². The van der Waals surface area contributed by atoms with Crippen molar-refractivity contribution in [2.75, 3.05) is 13.2 Å². The largest absolute Gasteiger partial charge is 0.462 e. The van der Waals surface area contributed by atoms with E-state index in [1.807, 2.05) is 0 Å². The van der Waals surface area contributed by atoms with E-state index in [4.69, 9.17) is 14.2 Å². The zero-order chi connectivity index (χ0) is 46.5. The van der Waals surface area contributed by atoms with Gasteiger partial charge < -0.3 is 14.2 Å². The second-order valence-corrected chi connectivity index (χ2v) is 19.9. The van der Waals surface area contributed by atoms with E-state index in [0.29, 0.717) is 19.3 Å². The van der Waals surface area contributed by atoms with Crippen molar-refractivity contribution in [1.82, 2.24) is 0 Å². The summed E-state index contributed by atoms with van der Waals surface area (Å²) >= 11 is 0. The number of hydrogen-bond donors (Lipinski definition) is 0. The van der Waals surface area contributed by atoms with Crippen LogP contribution in [0.25, 0.3) is 0 Å². The predicted octanol–water partition coefficient (Wildman–Crippen LogP) is 19.2. The van der Waals surface area contributed by atoms with E-state index in [-0.39, 0.29) is 31.1 Å². The van der Waals surface area contributed by atoms with E-state index in [1.54, 1.807) is 0 Å². The van der Waals surface area contributed by atoms with Crippen molar-refractivity contribution in [2.45, 2.75) is 341 Å². The van der Waals surface area contributed by atoms with E-state index >= 15 is 0 Å². The van der Waals surface area contributed by atoms with Crippen molar-refractivity contribution in [1.29, 1.82) is 0 Å². The fourth-order valence-corrected chi connectivity index (χ4v) is 8.98. The number of carbonyl (C=O) groups excluding carboxylic acids is 3. The first-order chi connectivity index (χ1) is 31.5. The first-order valence-electron chi connectivity index (χ1n) is 29.0. The van der Waals surface area contributed by atoms with E-state index in [1.165, 1.54) is 238 Å². The summed E-state index contributed by atoms with van der Waals surface area (Å²) in [6.45, 7) is 6.70. The zero-order valence-corrected chi connectivity index (χ0v) is 43.6. The van der Waals surface area contributed by atoms with Crippen molar-refractivity contribution in [3.05, 3.63) is 0 Å². The Morgan fingerprint density at radius 3 is 0.625 bits per heavy atom. The fraction of sp³-hybridized carbons (Fsp3) is 0.948. The van der Waals surface area contributed by atoms with Crippen LogP contribution in [0.4, 0.5) is 0 Å². The molecule has 1 atom stereocenters. The van der Waals surface area contributed by atoms with Gasteiger partial charge in [0.2, 0.25) is 0 Å². The smallest absolute Gasteiger partial charge is 0.306 e. The van der Waals surface area contributed by atoms with Crippen molar-refractivity contribution in [2.24, 2.45) is 0 Å². The molecule has 0 rings (SSSR count). The van der Waals surface area contributed by atoms with Crippen LogP contribution in [0, 0.1) is 0 Å². The highest BCUT2D eigenvalue weighted by Gasteiger charge is 2.19. The number of ether oxygens (including phenoxy) is 3. The van der Waals surface area contributed by atoms with Crippen molar-refractivity contribution < 1.29 is 28.6 Å². The summed E-state index contributed by atoms with van der Waals surface area (Å²) in [6.07, 6.45) is 59.5. The topological polar surface area (TPSA) is 78.9 Å². The first-order valence-corrected chi connectivity index (χ1v) is 29.0. The Balaban J connectivity index is 4.25. The summed E-state index contributed by atoms with van der Waals surface area (Å²) in [5.41, 5.74) is 0. The van der Waals surface area contributed by atoms with Crippen LogP contribution < -0.4 is 0 Å². The van der Waals surface area contributed by atoms with Gasteiger partial charge in [0, 0.05) is 19.3 Å². The lowest BCUT2D eigenvalue weighted by Gasteiger charge is -2.18. The summed E-state index contributed by atoms with van der Waals surface area (Å²) in [7, 11) is 0. The summed E-state index contributed by atoms with van der Waals surface area (Å²) < 4.78 is 16.9. The molecule has 6 heteroatoms.